The molecule has 1 aliphatic rings. The number of halogens is 4. The summed E-state index contributed by atoms with van der Waals surface area (Å²) in [5.74, 6) is -4.09. The minimum atomic E-state index is -3.34. The molecule has 1 aliphatic heterocycles. The lowest BCUT2D eigenvalue weighted by atomic mass is 10.2. The summed E-state index contributed by atoms with van der Waals surface area (Å²) < 4.78 is 33.6. The molecular weight excluding hydrogens is 407 g/mol. The second-order valence-electron chi connectivity index (χ2n) is 5.84. The molecule has 0 radical (unpaired) electrons. The van der Waals surface area contributed by atoms with Crippen LogP contribution in [-0.4, -0.2) is 39.2 Å². The maximum Gasteiger partial charge on any atom is 0.351 e. The third-order valence-electron chi connectivity index (χ3n) is 3.89. The van der Waals surface area contributed by atoms with Gasteiger partial charge in [0.05, 0.1) is 22.8 Å². The fraction of sp³-hybridized carbons (Fsp3) is 0.312. The fourth-order valence-electron chi connectivity index (χ4n) is 2.60. The number of carbonyl (C=O) groups is 1. The number of ether oxygens (including phenoxy) is 1. The lowest BCUT2D eigenvalue weighted by molar-refractivity contribution is -0.120. The third kappa shape index (κ3) is 4.11. The SMILES string of the molecule is O=C(Nc1ccn(C2OC(CO)CC2(F)F)c(=O)n1)c1ccc(Cl)c(Cl)c1. The van der Waals surface area contributed by atoms with Crippen molar-refractivity contribution in [2.24, 2.45) is 0 Å². The molecule has 1 saturated heterocycles. The number of aliphatic hydroxyl groups is 1. The van der Waals surface area contributed by atoms with E-state index in [9.17, 15) is 18.4 Å². The monoisotopic (exact) mass is 419 g/mol. The largest absolute Gasteiger partial charge is 0.394 e. The average molecular weight is 420 g/mol. The van der Waals surface area contributed by atoms with Crippen molar-refractivity contribution in [2.75, 3.05) is 11.9 Å². The molecular formula is C16H13Cl2F2N3O4. The number of rotatable bonds is 4. The van der Waals surface area contributed by atoms with Crippen LogP contribution in [0.4, 0.5) is 14.6 Å². The summed E-state index contributed by atoms with van der Waals surface area (Å²) in [6.45, 7) is -0.591. The summed E-state index contributed by atoms with van der Waals surface area (Å²) in [7, 11) is 0. The number of hydrogen-bond donors (Lipinski definition) is 2. The quantitative estimate of drug-likeness (QED) is 0.794. The van der Waals surface area contributed by atoms with E-state index in [-0.39, 0.29) is 21.4 Å². The zero-order valence-corrected chi connectivity index (χ0v) is 15.0. The van der Waals surface area contributed by atoms with Crippen molar-refractivity contribution in [1.29, 1.82) is 0 Å². The Morgan fingerprint density at radius 1 is 1.37 bits per heavy atom. The van der Waals surface area contributed by atoms with Crippen LogP contribution in [0.15, 0.2) is 35.3 Å². The molecule has 3 rings (SSSR count). The van der Waals surface area contributed by atoms with Crippen LogP contribution in [0.5, 0.6) is 0 Å². The normalized spacial score (nSPS) is 21.2. The van der Waals surface area contributed by atoms with Gasteiger partial charge in [-0.1, -0.05) is 23.2 Å². The van der Waals surface area contributed by atoms with Crippen molar-refractivity contribution in [3.63, 3.8) is 0 Å². The lowest BCUT2D eigenvalue weighted by Gasteiger charge is -2.19. The Hall–Kier alpha value is -2.07. The summed E-state index contributed by atoms with van der Waals surface area (Å²) in [6, 6.07) is 5.37. The Kier molecular flexibility index (Phi) is 5.48. The first kappa shape index (κ1) is 19.7. The molecule has 27 heavy (non-hydrogen) atoms. The molecule has 1 aromatic heterocycles. The summed E-state index contributed by atoms with van der Waals surface area (Å²) in [4.78, 5) is 27.9. The van der Waals surface area contributed by atoms with Gasteiger partial charge in [-0.05, 0) is 24.3 Å². The van der Waals surface area contributed by atoms with Gasteiger partial charge in [0, 0.05) is 18.2 Å². The molecule has 2 heterocycles. The van der Waals surface area contributed by atoms with Gasteiger partial charge in [0.25, 0.3) is 11.8 Å². The van der Waals surface area contributed by atoms with E-state index in [0.29, 0.717) is 4.57 Å². The first-order valence-corrected chi connectivity index (χ1v) is 8.46. The van der Waals surface area contributed by atoms with Crippen LogP contribution < -0.4 is 11.0 Å². The molecule has 0 bridgehead atoms. The molecule has 0 aliphatic carbocycles. The molecule has 1 aromatic carbocycles. The van der Waals surface area contributed by atoms with Crippen LogP contribution >= 0.6 is 23.2 Å². The smallest absolute Gasteiger partial charge is 0.351 e. The van der Waals surface area contributed by atoms with Crippen LogP contribution in [0.1, 0.15) is 23.0 Å². The van der Waals surface area contributed by atoms with Gasteiger partial charge in [-0.15, -0.1) is 0 Å². The van der Waals surface area contributed by atoms with Crippen LogP contribution in [0.3, 0.4) is 0 Å². The van der Waals surface area contributed by atoms with Gasteiger partial charge in [-0.3, -0.25) is 9.36 Å². The molecule has 2 N–H and O–H groups in total. The minimum absolute atomic E-state index is 0.132. The molecule has 2 atom stereocenters. The van der Waals surface area contributed by atoms with Crippen molar-refractivity contribution in [3.05, 3.63) is 56.6 Å². The van der Waals surface area contributed by atoms with Gasteiger partial charge in [-0.25, -0.2) is 13.6 Å². The molecule has 0 saturated carbocycles. The van der Waals surface area contributed by atoms with E-state index < -0.39 is 42.9 Å². The highest BCUT2D eigenvalue weighted by Gasteiger charge is 2.51. The Morgan fingerprint density at radius 3 is 2.70 bits per heavy atom. The van der Waals surface area contributed by atoms with E-state index in [0.717, 1.165) is 6.20 Å². The van der Waals surface area contributed by atoms with Crippen molar-refractivity contribution < 1.29 is 23.4 Å². The molecule has 0 spiro atoms. The molecule has 1 fully saturated rings. The highest BCUT2D eigenvalue weighted by molar-refractivity contribution is 6.42. The summed E-state index contributed by atoms with van der Waals surface area (Å²) >= 11 is 11.6. The Bertz CT molecular complexity index is 938. The number of anilines is 1. The number of hydrogen-bond acceptors (Lipinski definition) is 5. The van der Waals surface area contributed by atoms with Crippen LogP contribution in [0.25, 0.3) is 0 Å². The number of nitrogens with one attached hydrogen (secondary N) is 1. The number of aliphatic hydroxyl groups excluding tert-OH is 1. The van der Waals surface area contributed by atoms with E-state index >= 15 is 0 Å². The standard InChI is InChI=1S/C16H13Cl2F2N3O4/c17-10-2-1-8(5-11(10)18)13(25)21-12-3-4-23(15(26)22-12)14-16(19,20)6-9(7-24)27-14/h1-5,9,14,24H,6-7H2,(H,21,22,25,26). The Balaban J connectivity index is 1.80. The van der Waals surface area contributed by atoms with Crippen LogP contribution in [-0.2, 0) is 4.74 Å². The number of nitrogens with zero attached hydrogens (tertiary/aromatic N) is 2. The van der Waals surface area contributed by atoms with Crippen LogP contribution in [0.2, 0.25) is 10.0 Å². The maximum absolute atomic E-state index is 14.0. The summed E-state index contributed by atoms with van der Waals surface area (Å²) in [5, 5.41) is 11.8. The topological polar surface area (TPSA) is 93.5 Å². The number of aromatic nitrogens is 2. The van der Waals surface area contributed by atoms with Gasteiger partial charge in [-0.2, -0.15) is 4.98 Å². The van der Waals surface area contributed by atoms with E-state index in [1.807, 2.05) is 0 Å². The van der Waals surface area contributed by atoms with Gasteiger partial charge in [0.2, 0.25) is 6.23 Å². The van der Waals surface area contributed by atoms with E-state index in [1.54, 1.807) is 0 Å². The Labute approximate surface area is 161 Å². The van der Waals surface area contributed by atoms with Crippen molar-refractivity contribution in [3.8, 4) is 0 Å². The van der Waals surface area contributed by atoms with Gasteiger partial charge in [0.1, 0.15) is 5.82 Å². The van der Waals surface area contributed by atoms with Crippen molar-refractivity contribution >= 4 is 34.9 Å². The zero-order valence-electron chi connectivity index (χ0n) is 13.5. The number of alkyl halides is 2. The minimum Gasteiger partial charge on any atom is -0.394 e. The van der Waals surface area contributed by atoms with Gasteiger partial charge in [0.15, 0.2) is 0 Å². The molecule has 1 amide bonds. The second-order valence-corrected chi connectivity index (χ2v) is 6.66. The summed E-state index contributed by atoms with van der Waals surface area (Å²) in [6.07, 6.45) is -2.63. The molecule has 7 nitrogen and oxygen atoms in total. The first-order chi connectivity index (χ1) is 12.7. The number of carbonyl (C=O) groups excluding carboxylic acids is 1. The molecule has 11 heteroatoms. The third-order valence-corrected chi connectivity index (χ3v) is 4.63. The van der Waals surface area contributed by atoms with Crippen molar-refractivity contribution in [2.45, 2.75) is 24.7 Å². The highest BCUT2D eigenvalue weighted by Crippen LogP contribution is 2.41. The first-order valence-electron chi connectivity index (χ1n) is 7.71. The number of amides is 1. The fourth-order valence-corrected chi connectivity index (χ4v) is 2.90. The predicted molar refractivity (Wildman–Crippen MR) is 93.5 cm³/mol. The Morgan fingerprint density at radius 2 is 2.11 bits per heavy atom. The molecule has 2 aromatic rings. The van der Waals surface area contributed by atoms with Crippen LogP contribution in [0, 0.1) is 0 Å². The predicted octanol–water partition coefficient (Wildman–Crippen LogP) is 2.72. The van der Waals surface area contributed by atoms with E-state index in [2.05, 4.69) is 10.3 Å². The van der Waals surface area contributed by atoms with Gasteiger partial charge < -0.3 is 15.2 Å². The number of benzene rings is 1. The zero-order chi connectivity index (χ0) is 19.8. The van der Waals surface area contributed by atoms with Crippen molar-refractivity contribution in [1.82, 2.24) is 9.55 Å². The molecule has 2 unspecified atom stereocenters. The van der Waals surface area contributed by atoms with Gasteiger partial charge >= 0.3 is 5.69 Å². The highest BCUT2D eigenvalue weighted by atomic mass is 35.5. The molecule has 144 valence electrons. The maximum atomic E-state index is 14.0. The van der Waals surface area contributed by atoms with E-state index in [4.69, 9.17) is 33.0 Å². The average Bonchev–Trinajstić information content (AvgIpc) is 2.92. The summed E-state index contributed by atoms with van der Waals surface area (Å²) in [5.41, 5.74) is -0.864. The second kappa shape index (κ2) is 7.51. The van der Waals surface area contributed by atoms with E-state index in [1.165, 1.54) is 24.3 Å². The lowest BCUT2D eigenvalue weighted by Crippen LogP contribution is -2.35.